The molecular weight excluding hydrogens is 242 g/mol. The van der Waals surface area contributed by atoms with Gasteiger partial charge in [0.05, 0.1) is 0 Å². The van der Waals surface area contributed by atoms with E-state index in [4.69, 9.17) is 5.73 Å². The highest BCUT2D eigenvalue weighted by Crippen LogP contribution is 2.31. The van der Waals surface area contributed by atoms with Crippen molar-refractivity contribution in [3.63, 3.8) is 0 Å². The molecule has 1 aliphatic rings. The lowest BCUT2D eigenvalue weighted by Crippen LogP contribution is -2.47. The van der Waals surface area contributed by atoms with Crippen LogP contribution in [0.25, 0.3) is 0 Å². The Hall–Kier alpha value is -1.10. The van der Waals surface area contributed by atoms with Crippen molar-refractivity contribution in [2.75, 3.05) is 19.6 Å². The van der Waals surface area contributed by atoms with Crippen molar-refractivity contribution < 1.29 is 9.59 Å². The molecule has 19 heavy (non-hydrogen) atoms. The molecule has 0 aromatic rings. The topological polar surface area (TPSA) is 84.2 Å². The molecule has 1 fully saturated rings. The summed E-state index contributed by atoms with van der Waals surface area (Å²) in [4.78, 5) is 22.8. The summed E-state index contributed by atoms with van der Waals surface area (Å²) in [6.07, 6.45) is 4.18. The summed E-state index contributed by atoms with van der Waals surface area (Å²) >= 11 is 0. The molecule has 0 saturated carbocycles. The number of primary amides is 1. The third-order valence-corrected chi connectivity index (χ3v) is 4.04. The van der Waals surface area contributed by atoms with Crippen LogP contribution in [0.4, 0.5) is 0 Å². The monoisotopic (exact) mass is 269 g/mol. The minimum Gasteiger partial charge on any atom is -0.370 e. The minimum atomic E-state index is -0.336. The Morgan fingerprint density at radius 3 is 2.68 bits per heavy atom. The number of piperidine rings is 1. The molecule has 4 N–H and O–H groups in total. The first kappa shape index (κ1) is 16.0. The molecule has 0 aromatic carbocycles. The first-order chi connectivity index (χ1) is 8.94. The molecule has 1 heterocycles. The van der Waals surface area contributed by atoms with Gasteiger partial charge in [0.15, 0.2) is 0 Å². The Balaban J connectivity index is 2.28. The standard InChI is InChI=1S/C14H27N3O2/c1-14(2,11-6-5-8-16-10-11)13(19)17-9-4-3-7-12(15)18/h11,16H,3-10H2,1-2H3,(H2,15,18)(H,17,19). The molecule has 0 radical (unpaired) electrons. The van der Waals surface area contributed by atoms with Crippen molar-refractivity contribution in [2.24, 2.45) is 17.1 Å². The zero-order valence-electron chi connectivity index (χ0n) is 12.1. The maximum Gasteiger partial charge on any atom is 0.225 e. The Kier molecular flexibility index (Phi) is 6.28. The average Bonchev–Trinajstić information content (AvgIpc) is 2.38. The van der Waals surface area contributed by atoms with Gasteiger partial charge in [-0.1, -0.05) is 13.8 Å². The summed E-state index contributed by atoms with van der Waals surface area (Å²) in [5.74, 6) is 0.229. The van der Waals surface area contributed by atoms with Crippen LogP contribution in [-0.2, 0) is 9.59 Å². The lowest BCUT2D eigenvalue weighted by molar-refractivity contribution is -0.132. The maximum atomic E-state index is 12.2. The van der Waals surface area contributed by atoms with Gasteiger partial charge in [-0.25, -0.2) is 0 Å². The van der Waals surface area contributed by atoms with Crippen LogP contribution >= 0.6 is 0 Å². The molecule has 0 aliphatic carbocycles. The summed E-state index contributed by atoms with van der Waals surface area (Å²) in [7, 11) is 0. The van der Waals surface area contributed by atoms with Crippen LogP contribution in [0.3, 0.4) is 0 Å². The summed E-state index contributed by atoms with van der Waals surface area (Å²) in [6, 6.07) is 0. The number of rotatable bonds is 7. The maximum absolute atomic E-state index is 12.2. The van der Waals surface area contributed by atoms with Crippen LogP contribution < -0.4 is 16.4 Å². The SMILES string of the molecule is CC(C)(C(=O)NCCCCC(N)=O)C1CCCNC1. The van der Waals surface area contributed by atoms with E-state index >= 15 is 0 Å². The predicted octanol–water partition coefficient (Wildman–Crippen LogP) is 0.784. The molecule has 0 bridgehead atoms. The largest absolute Gasteiger partial charge is 0.370 e. The Morgan fingerprint density at radius 1 is 1.37 bits per heavy atom. The molecule has 2 amide bonds. The van der Waals surface area contributed by atoms with Crippen molar-refractivity contribution in [1.82, 2.24) is 10.6 Å². The van der Waals surface area contributed by atoms with Crippen LogP contribution in [0.2, 0.25) is 0 Å². The summed E-state index contributed by atoms with van der Waals surface area (Å²) in [6.45, 7) is 6.63. The second-order valence-electron chi connectivity index (χ2n) is 5.94. The fourth-order valence-corrected chi connectivity index (χ4v) is 2.51. The molecule has 110 valence electrons. The Bertz CT molecular complexity index is 310. The van der Waals surface area contributed by atoms with Crippen molar-refractivity contribution in [2.45, 2.75) is 46.0 Å². The number of hydrogen-bond donors (Lipinski definition) is 3. The highest BCUT2D eigenvalue weighted by Gasteiger charge is 2.36. The van der Waals surface area contributed by atoms with E-state index in [1.54, 1.807) is 0 Å². The van der Waals surface area contributed by atoms with Gasteiger partial charge in [0.25, 0.3) is 0 Å². The third kappa shape index (κ3) is 5.19. The first-order valence-electron chi connectivity index (χ1n) is 7.22. The molecule has 1 rings (SSSR count). The fraction of sp³-hybridized carbons (Fsp3) is 0.857. The zero-order chi connectivity index (χ0) is 14.3. The number of hydrogen-bond acceptors (Lipinski definition) is 3. The number of carbonyl (C=O) groups excluding carboxylic acids is 2. The number of amides is 2. The van der Waals surface area contributed by atoms with E-state index < -0.39 is 0 Å². The molecule has 5 nitrogen and oxygen atoms in total. The number of unbranched alkanes of at least 4 members (excludes halogenated alkanes) is 1. The number of carbonyl (C=O) groups is 2. The molecule has 1 saturated heterocycles. The van der Waals surface area contributed by atoms with Gasteiger partial charge in [0, 0.05) is 18.4 Å². The summed E-state index contributed by atoms with van der Waals surface area (Å²) < 4.78 is 0. The van der Waals surface area contributed by atoms with E-state index in [1.165, 1.54) is 0 Å². The number of nitrogens with two attached hydrogens (primary N) is 1. The highest BCUT2D eigenvalue weighted by atomic mass is 16.2. The van der Waals surface area contributed by atoms with E-state index in [2.05, 4.69) is 10.6 Å². The van der Waals surface area contributed by atoms with Gasteiger partial charge >= 0.3 is 0 Å². The van der Waals surface area contributed by atoms with Gasteiger partial charge in [-0.2, -0.15) is 0 Å². The van der Waals surface area contributed by atoms with Crippen LogP contribution in [0.1, 0.15) is 46.0 Å². The van der Waals surface area contributed by atoms with Crippen LogP contribution in [0, 0.1) is 11.3 Å². The minimum absolute atomic E-state index is 0.111. The van der Waals surface area contributed by atoms with E-state index in [0.29, 0.717) is 18.9 Å². The van der Waals surface area contributed by atoms with Crippen molar-refractivity contribution in [3.05, 3.63) is 0 Å². The van der Waals surface area contributed by atoms with E-state index in [-0.39, 0.29) is 17.2 Å². The van der Waals surface area contributed by atoms with Gasteiger partial charge in [0.1, 0.15) is 0 Å². The lowest BCUT2D eigenvalue weighted by atomic mass is 9.74. The van der Waals surface area contributed by atoms with Crippen molar-refractivity contribution >= 4 is 11.8 Å². The zero-order valence-corrected chi connectivity index (χ0v) is 12.1. The van der Waals surface area contributed by atoms with Gasteiger partial charge < -0.3 is 16.4 Å². The van der Waals surface area contributed by atoms with E-state index in [1.807, 2.05) is 13.8 Å². The molecule has 0 aromatic heterocycles. The molecular formula is C14H27N3O2. The van der Waals surface area contributed by atoms with E-state index in [0.717, 1.165) is 38.8 Å². The smallest absolute Gasteiger partial charge is 0.225 e. The first-order valence-corrected chi connectivity index (χ1v) is 7.22. The molecule has 5 heteroatoms. The van der Waals surface area contributed by atoms with Gasteiger partial charge in [-0.3, -0.25) is 9.59 Å². The molecule has 1 aliphatic heterocycles. The van der Waals surface area contributed by atoms with Crippen LogP contribution in [-0.4, -0.2) is 31.4 Å². The van der Waals surface area contributed by atoms with Crippen molar-refractivity contribution in [1.29, 1.82) is 0 Å². The second-order valence-corrected chi connectivity index (χ2v) is 5.94. The van der Waals surface area contributed by atoms with Gasteiger partial charge in [-0.05, 0) is 44.7 Å². The quantitative estimate of drug-likeness (QED) is 0.597. The highest BCUT2D eigenvalue weighted by molar-refractivity contribution is 5.82. The number of nitrogens with one attached hydrogen (secondary N) is 2. The molecule has 0 spiro atoms. The summed E-state index contributed by atoms with van der Waals surface area (Å²) in [5, 5.41) is 6.33. The van der Waals surface area contributed by atoms with Crippen LogP contribution in [0.15, 0.2) is 0 Å². The molecule has 1 unspecified atom stereocenters. The predicted molar refractivity (Wildman–Crippen MR) is 75.4 cm³/mol. The van der Waals surface area contributed by atoms with E-state index in [9.17, 15) is 9.59 Å². The second kappa shape index (κ2) is 7.48. The summed E-state index contributed by atoms with van der Waals surface area (Å²) in [5.41, 5.74) is 4.73. The van der Waals surface area contributed by atoms with Gasteiger partial charge in [0.2, 0.25) is 11.8 Å². The average molecular weight is 269 g/mol. The van der Waals surface area contributed by atoms with Crippen molar-refractivity contribution in [3.8, 4) is 0 Å². The fourth-order valence-electron chi connectivity index (χ4n) is 2.51. The molecule has 1 atom stereocenters. The van der Waals surface area contributed by atoms with Crippen LogP contribution in [0.5, 0.6) is 0 Å². The normalized spacial score (nSPS) is 20.0. The lowest BCUT2D eigenvalue weighted by Gasteiger charge is -2.36. The van der Waals surface area contributed by atoms with Gasteiger partial charge in [-0.15, -0.1) is 0 Å². The third-order valence-electron chi connectivity index (χ3n) is 4.04. The Morgan fingerprint density at radius 2 is 2.11 bits per heavy atom. The Labute approximate surface area is 115 Å².